The van der Waals surface area contributed by atoms with Gasteiger partial charge in [0.15, 0.2) is 6.79 Å². The van der Waals surface area contributed by atoms with Gasteiger partial charge in [-0.15, -0.1) is 0 Å². The Bertz CT molecular complexity index is 775. The Labute approximate surface area is 156 Å². The molecule has 0 aliphatic carbocycles. The fourth-order valence-corrected chi connectivity index (χ4v) is 2.65. The minimum atomic E-state index is -0.439. The summed E-state index contributed by atoms with van der Waals surface area (Å²) in [5.41, 5.74) is 1.08. The third-order valence-electron chi connectivity index (χ3n) is 3.85. The molecule has 0 fully saturated rings. The molecule has 0 N–H and O–H groups in total. The SMILES string of the molecule is CCOc1ccc(OCCC(=O)OCc2cc(F)cc3c2OCOC3)cc1. The van der Waals surface area contributed by atoms with Crippen LogP contribution in [-0.4, -0.2) is 26.0 Å². The molecule has 1 aliphatic heterocycles. The number of hydrogen-bond acceptors (Lipinski definition) is 6. The van der Waals surface area contributed by atoms with Gasteiger partial charge >= 0.3 is 5.97 Å². The smallest absolute Gasteiger partial charge is 0.309 e. The first kappa shape index (κ1) is 19.0. The van der Waals surface area contributed by atoms with Crippen LogP contribution >= 0.6 is 0 Å². The topological polar surface area (TPSA) is 63.2 Å². The molecule has 0 aromatic heterocycles. The van der Waals surface area contributed by atoms with Crippen LogP contribution in [0.5, 0.6) is 17.2 Å². The number of esters is 1. The Balaban J connectivity index is 1.45. The van der Waals surface area contributed by atoms with Gasteiger partial charge < -0.3 is 23.7 Å². The van der Waals surface area contributed by atoms with E-state index in [1.54, 1.807) is 24.3 Å². The average Bonchev–Trinajstić information content (AvgIpc) is 2.67. The summed E-state index contributed by atoms with van der Waals surface area (Å²) in [5, 5.41) is 0. The fraction of sp³-hybridized carbons (Fsp3) is 0.350. The van der Waals surface area contributed by atoms with Gasteiger partial charge in [-0.3, -0.25) is 4.79 Å². The molecule has 2 aromatic rings. The lowest BCUT2D eigenvalue weighted by molar-refractivity contribution is -0.145. The van der Waals surface area contributed by atoms with Crippen molar-refractivity contribution in [3.05, 3.63) is 53.3 Å². The minimum Gasteiger partial charge on any atom is -0.494 e. The zero-order valence-electron chi connectivity index (χ0n) is 15.0. The number of halogens is 1. The van der Waals surface area contributed by atoms with E-state index in [9.17, 15) is 9.18 Å². The van der Waals surface area contributed by atoms with E-state index in [4.69, 9.17) is 23.7 Å². The molecule has 7 heteroatoms. The Kier molecular flexibility index (Phi) is 6.49. The van der Waals surface area contributed by atoms with Crippen molar-refractivity contribution in [2.24, 2.45) is 0 Å². The van der Waals surface area contributed by atoms with Gasteiger partial charge in [0.1, 0.15) is 29.7 Å². The van der Waals surface area contributed by atoms with Crippen LogP contribution in [0.15, 0.2) is 36.4 Å². The van der Waals surface area contributed by atoms with Crippen molar-refractivity contribution in [1.82, 2.24) is 0 Å². The average molecular weight is 376 g/mol. The van der Waals surface area contributed by atoms with Crippen LogP contribution in [0.1, 0.15) is 24.5 Å². The van der Waals surface area contributed by atoms with E-state index in [0.717, 1.165) is 5.75 Å². The molecule has 0 spiro atoms. The molecule has 2 aromatic carbocycles. The van der Waals surface area contributed by atoms with Crippen LogP contribution in [-0.2, 0) is 27.5 Å². The molecule has 0 bridgehead atoms. The number of ether oxygens (including phenoxy) is 5. The molecule has 6 nitrogen and oxygen atoms in total. The number of fused-ring (bicyclic) bond motifs is 1. The highest BCUT2D eigenvalue weighted by Gasteiger charge is 2.18. The standard InChI is InChI=1S/C20H21FO6/c1-2-24-17-3-5-18(6-4-17)25-8-7-19(22)26-12-15-10-16(21)9-14-11-23-13-27-20(14)15/h3-6,9-10H,2,7-8,11-13H2,1H3. The number of carbonyl (C=O) groups excluding carboxylic acids is 1. The summed E-state index contributed by atoms with van der Waals surface area (Å²) in [6, 6.07) is 9.80. The summed E-state index contributed by atoms with van der Waals surface area (Å²) in [6.45, 7) is 2.98. The number of rotatable bonds is 8. The van der Waals surface area contributed by atoms with Gasteiger partial charge in [0.05, 0.1) is 26.2 Å². The van der Waals surface area contributed by atoms with Gasteiger partial charge in [-0.05, 0) is 43.3 Å². The summed E-state index contributed by atoms with van der Waals surface area (Å²) in [4.78, 5) is 11.9. The molecule has 1 heterocycles. The molecule has 144 valence electrons. The largest absolute Gasteiger partial charge is 0.494 e. The van der Waals surface area contributed by atoms with E-state index < -0.39 is 11.8 Å². The van der Waals surface area contributed by atoms with E-state index in [1.807, 2.05) is 6.92 Å². The number of hydrogen-bond donors (Lipinski definition) is 0. The van der Waals surface area contributed by atoms with Gasteiger partial charge in [0.25, 0.3) is 0 Å². The van der Waals surface area contributed by atoms with Crippen LogP contribution in [0.4, 0.5) is 4.39 Å². The first-order chi connectivity index (χ1) is 13.2. The Morgan fingerprint density at radius 3 is 2.63 bits per heavy atom. The Morgan fingerprint density at radius 1 is 1.15 bits per heavy atom. The molecule has 0 amide bonds. The highest BCUT2D eigenvalue weighted by Crippen LogP contribution is 2.30. The molecule has 3 rings (SSSR count). The molecular weight excluding hydrogens is 355 g/mol. The third-order valence-corrected chi connectivity index (χ3v) is 3.85. The maximum atomic E-state index is 13.7. The molecular formula is C20H21FO6. The van der Waals surface area contributed by atoms with Crippen LogP contribution in [0.2, 0.25) is 0 Å². The summed E-state index contributed by atoms with van der Waals surface area (Å²) in [7, 11) is 0. The van der Waals surface area contributed by atoms with Gasteiger partial charge in [-0.2, -0.15) is 0 Å². The lowest BCUT2D eigenvalue weighted by atomic mass is 10.1. The van der Waals surface area contributed by atoms with Gasteiger partial charge in [0, 0.05) is 11.1 Å². The molecule has 27 heavy (non-hydrogen) atoms. The molecule has 0 saturated heterocycles. The van der Waals surface area contributed by atoms with E-state index in [-0.39, 0.29) is 33.0 Å². The molecule has 0 radical (unpaired) electrons. The maximum Gasteiger partial charge on any atom is 0.309 e. The summed E-state index contributed by atoms with van der Waals surface area (Å²) in [5.74, 6) is 1.05. The van der Waals surface area contributed by atoms with Crippen molar-refractivity contribution >= 4 is 5.97 Å². The van der Waals surface area contributed by atoms with E-state index >= 15 is 0 Å². The van der Waals surface area contributed by atoms with Crippen molar-refractivity contribution in [1.29, 1.82) is 0 Å². The van der Waals surface area contributed by atoms with Gasteiger partial charge in [-0.1, -0.05) is 0 Å². The van der Waals surface area contributed by atoms with Crippen molar-refractivity contribution in [3.63, 3.8) is 0 Å². The normalized spacial score (nSPS) is 12.7. The van der Waals surface area contributed by atoms with Crippen molar-refractivity contribution in [2.75, 3.05) is 20.0 Å². The highest BCUT2D eigenvalue weighted by atomic mass is 19.1. The van der Waals surface area contributed by atoms with Crippen LogP contribution in [0.25, 0.3) is 0 Å². The first-order valence-electron chi connectivity index (χ1n) is 8.69. The predicted molar refractivity (Wildman–Crippen MR) is 94.2 cm³/mol. The van der Waals surface area contributed by atoms with Crippen molar-refractivity contribution in [2.45, 2.75) is 26.6 Å². The van der Waals surface area contributed by atoms with Gasteiger partial charge in [0.2, 0.25) is 0 Å². The molecule has 0 saturated carbocycles. The third kappa shape index (κ3) is 5.34. The van der Waals surface area contributed by atoms with Crippen molar-refractivity contribution in [3.8, 4) is 17.2 Å². The first-order valence-corrected chi connectivity index (χ1v) is 8.69. The maximum absolute atomic E-state index is 13.7. The zero-order chi connectivity index (χ0) is 19.1. The van der Waals surface area contributed by atoms with Crippen LogP contribution in [0.3, 0.4) is 0 Å². The summed E-state index contributed by atoms with van der Waals surface area (Å²) in [6.07, 6.45) is 0.0781. The summed E-state index contributed by atoms with van der Waals surface area (Å²) >= 11 is 0. The molecule has 0 atom stereocenters. The van der Waals surface area contributed by atoms with E-state index in [2.05, 4.69) is 0 Å². The number of carbonyl (C=O) groups is 1. The zero-order valence-corrected chi connectivity index (χ0v) is 15.0. The monoisotopic (exact) mass is 376 g/mol. The quantitative estimate of drug-likeness (QED) is 0.656. The number of benzene rings is 2. The fourth-order valence-electron chi connectivity index (χ4n) is 2.65. The minimum absolute atomic E-state index is 0.0675. The predicted octanol–water partition coefficient (Wildman–Crippen LogP) is 3.60. The Morgan fingerprint density at radius 2 is 1.89 bits per heavy atom. The second-order valence-electron chi connectivity index (χ2n) is 5.83. The second kappa shape index (κ2) is 9.23. The van der Waals surface area contributed by atoms with Crippen LogP contribution < -0.4 is 14.2 Å². The molecule has 1 aliphatic rings. The van der Waals surface area contributed by atoms with E-state index in [1.165, 1.54) is 12.1 Å². The van der Waals surface area contributed by atoms with Crippen molar-refractivity contribution < 1.29 is 32.9 Å². The van der Waals surface area contributed by atoms with Gasteiger partial charge in [-0.25, -0.2) is 4.39 Å². The highest BCUT2D eigenvalue weighted by molar-refractivity contribution is 5.69. The van der Waals surface area contributed by atoms with Crippen LogP contribution in [0, 0.1) is 5.82 Å². The Hall–Kier alpha value is -2.80. The lowest BCUT2D eigenvalue weighted by Crippen LogP contribution is -2.15. The molecule has 0 unspecified atom stereocenters. The second-order valence-corrected chi connectivity index (χ2v) is 5.83. The lowest BCUT2D eigenvalue weighted by Gasteiger charge is -2.20. The van der Waals surface area contributed by atoms with E-state index in [0.29, 0.717) is 29.2 Å². The summed E-state index contributed by atoms with van der Waals surface area (Å²) < 4.78 is 40.3.